The van der Waals surface area contributed by atoms with Gasteiger partial charge in [0.1, 0.15) is 0 Å². The molecular formula is C24H22N4O2S2. The molecule has 2 aromatic carbocycles. The number of aliphatic imine (C=N–C) groups is 1. The molecule has 0 spiro atoms. The Morgan fingerprint density at radius 3 is 2.53 bits per heavy atom. The highest BCUT2D eigenvalue weighted by atomic mass is 32.2. The molecule has 2 amide bonds. The summed E-state index contributed by atoms with van der Waals surface area (Å²) in [5.41, 5.74) is 5.35. The number of nitrogens with zero attached hydrogens (tertiary/aromatic N) is 3. The van der Waals surface area contributed by atoms with Gasteiger partial charge in [0.05, 0.1) is 22.0 Å². The van der Waals surface area contributed by atoms with Gasteiger partial charge < -0.3 is 5.32 Å². The molecule has 0 atom stereocenters. The Labute approximate surface area is 195 Å². The van der Waals surface area contributed by atoms with E-state index in [0.717, 1.165) is 28.1 Å². The molecule has 0 aliphatic carbocycles. The summed E-state index contributed by atoms with van der Waals surface area (Å²) < 4.78 is 0. The van der Waals surface area contributed by atoms with E-state index in [1.54, 1.807) is 11.0 Å². The highest BCUT2D eigenvalue weighted by Crippen LogP contribution is 2.35. The van der Waals surface area contributed by atoms with Crippen molar-refractivity contribution in [1.82, 2.24) is 10.3 Å². The topological polar surface area (TPSA) is 74.7 Å². The fraction of sp³-hybridized carbons (Fsp3) is 0.167. The molecule has 1 aromatic heterocycles. The Hall–Kier alpha value is -3.23. The first-order chi connectivity index (χ1) is 15.3. The van der Waals surface area contributed by atoms with Crippen molar-refractivity contribution in [2.24, 2.45) is 4.99 Å². The summed E-state index contributed by atoms with van der Waals surface area (Å²) >= 11 is 2.64. The van der Waals surface area contributed by atoms with E-state index in [-0.39, 0.29) is 11.8 Å². The molecule has 0 unspecified atom stereocenters. The lowest BCUT2D eigenvalue weighted by atomic mass is 10.1. The molecule has 1 fully saturated rings. The van der Waals surface area contributed by atoms with Crippen LogP contribution in [0.1, 0.15) is 29.3 Å². The van der Waals surface area contributed by atoms with Crippen molar-refractivity contribution in [2.75, 3.05) is 4.90 Å². The highest BCUT2D eigenvalue weighted by Gasteiger charge is 2.25. The van der Waals surface area contributed by atoms with Crippen LogP contribution in [-0.2, 0) is 9.59 Å². The van der Waals surface area contributed by atoms with Gasteiger partial charge in [0.25, 0.3) is 5.91 Å². The summed E-state index contributed by atoms with van der Waals surface area (Å²) in [6, 6.07) is 13.7. The minimum absolute atomic E-state index is 0.114. The molecule has 3 aromatic rings. The zero-order chi connectivity index (χ0) is 22.8. The number of nitrogens with one attached hydrogen (secondary N) is 1. The van der Waals surface area contributed by atoms with Crippen LogP contribution in [-0.4, -0.2) is 22.0 Å². The fourth-order valence-electron chi connectivity index (χ4n) is 3.42. The third-order valence-corrected chi connectivity index (χ3v) is 6.60. The van der Waals surface area contributed by atoms with Gasteiger partial charge in [-0.25, -0.2) is 9.98 Å². The van der Waals surface area contributed by atoms with Gasteiger partial charge in [0.2, 0.25) is 5.91 Å². The van der Waals surface area contributed by atoms with Crippen molar-refractivity contribution in [3.63, 3.8) is 0 Å². The molecular weight excluding hydrogens is 440 g/mol. The van der Waals surface area contributed by atoms with E-state index >= 15 is 0 Å². The first-order valence-corrected chi connectivity index (χ1v) is 11.7. The average Bonchev–Trinajstić information content (AvgIpc) is 3.31. The van der Waals surface area contributed by atoms with Crippen LogP contribution in [0.15, 0.2) is 57.7 Å². The maximum Gasteiger partial charge on any atom is 0.264 e. The maximum atomic E-state index is 12.5. The SMILES string of the molecule is CC(=O)N(c1nc(/C=C2\SC(=Nc3cccc(C)c3)NC2=O)cs1)c1c(C)cccc1C. The number of benzene rings is 2. The number of carbonyl (C=O) groups is 2. The van der Waals surface area contributed by atoms with Crippen LogP contribution in [0.25, 0.3) is 6.08 Å². The number of thioether (sulfide) groups is 1. The van der Waals surface area contributed by atoms with Crippen LogP contribution in [0.4, 0.5) is 16.5 Å². The number of amides is 2. The third-order valence-electron chi connectivity index (χ3n) is 4.84. The fourth-order valence-corrected chi connectivity index (χ4v) is 5.08. The molecule has 0 saturated carbocycles. The molecule has 32 heavy (non-hydrogen) atoms. The number of amidine groups is 1. The third kappa shape index (κ3) is 4.66. The average molecular weight is 463 g/mol. The van der Waals surface area contributed by atoms with E-state index in [1.807, 2.05) is 68.6 Å². The van der Waals surface area contributed by atoms with E-state index in [1.165, 1.54) is 30.0 Å². The monoisotopic (exact) mass is 462 g/mol. The minimum Gasteiger partial charge on any atom is -0.300 e. The standard InChI is InChI=1S/C24H22N4O2S2/c1-14-7-5-10-18(11-14)25-23-27-22(30)20(32-23)12-19-13-31-24(26-19)28(17(4)29)21-15(2)8-6-9-16(21)3/h5-13H,1-4H3,(H,25,27,30)/b20-12-. The van der Waals surface area contributed by atoms with Crippen LogP contribution in [0.5, 0.6) is 0 Å². The maximum absolute atomic E-state index is 12.5. The quantitative estimate of drug-likeness (QED) is 0.509. The van der Waals surface area contributed by atoms with Crippen molar-refractivity contribution in [2.45, 2.75) is 27.7 Å². The normalized spacial score (nSPS) is 15.9. The second-order valence-electron chi connectivity index (χ2n) is 7.47. The van der Waals surface area contributed by atoms with Gasteiger partial charge in [0, 0.05) is 12.3 Å². The predicted octanol–water partition coefficient (Wildman–Crippen LogP) is 5.64. The number of aromatic nitrogens is 1. The van der Waals surface area contributed by atoms with Gasteiger partial charge in [-0.15, -0.1) is 11.3 Å². The van der Waals surface area contributed by atoms with Crippen molar-refractivity contribution in [3.05, 3.63) is 75.1 Å². The first kappa shape index (κ1) is 22.0. The Bertz CT molecular complexity index is 1260. The lowest BCUT2D eigenvalue weighted by Gasteiger charge is -2.22. The van der Waals surface area contributed by atoms with E-state index < -0.39 is 0 Å². The summed E-state index contributed by atoms with van der Waals surface area (Å²) in [4.78, 5) is 36.2. The summed E-state index contributed by atoms with van der Waals surface area (Å²) in [5, 5.41) is 5.74. The molecule has 0 radical (unpaired) electrons. The number of thiazole rings is 1. The number of rotatable bonds is 4. The lowest BCUT2D eigenvalue weighted by molar-refractivity contribution is -0.116. The van der Waals surface area contributed by atoms with Crippen LogP contribution in [0, 0.1) is 20.8 Å². The van der Waals surface area contributed by atoms with E-state index in [2.05, 4.69) is 15.3 Å². The van der Waals surface area contributed by atoms with Crippen molar-refractivity contribution in [3.8, 4) is 0 Å². The molecule has 0 bridgehead atoms. The van der Waals surface area contributed by atoms with Gasteiger partial charge in [0.15, 0.2) is 10.3 Å². The smallest absolute Gasteiger partial charge is 0.264 e. The molecule has 4 rings (SSSR count). The number of para-hydroxylation sites is 1. The summed E-state index contributed by atoms with van der Waals surface area (Å²) in [5.74, 6) is -0.328. The molecule has 1 aliphatic rings. The molecule has 8 heteroatoms. The number of hydrogen-bond donors (Lipinski definition) is 1. The van der Waals surface area contributed by atoms with E-state index in [0.29, 0.717) is 20.9 Å². The Morgan fingerprint density at radius 1 is 1.12 bits per heavy atom. The molecule has 1 saturated heterocycles. The number of aryl methyl sites for hydroxylation is 3. The second-order valence-corrected chi connectivity index (χ2v) is 9.34. The first-order valence-electron chi connectivity index (χ1n) is 10.0. The van der Waals surface area contributed by atoms with Crippen LogP contribution >= 0.6 is 23.1 Å². The van der Waals surface area contributed by atoms with Gasteiger partial charge in [-0.2, -0.15) is 0 Å². The molecule has 1 aliphatic heterocycles. The zero-order valence-electron chi connectivity index (χ0n) is 18.2. The van der Waals surface area contributed by atoms with Crippen molar-refractivity contribution in [1.29, 1.82) is 0 Å². The van der Waals surface area contributed by atoms with E-state index in [4.69, 9.17) is 0 Å². The van der Waals surface area contributed by atoms with E-state index in [9.17, 15) is 9.59 Å². The number of hydrogen-bond acceptors (Lipinski definition) is 6. The van der Waals surface area contributed by atoms with Crippen molar-refractivity contribution >= 4 is 62.7 Å². The summed E-state index contributed by atoms with van der Waals surface area (Å²) in [7, 11) is 0. The summed E-state index contributed by atoms with van der Waals surface area (Å²) in [6.07, 6.45) is 1.72. The second kappa shape index (κ2) is 9.10. The van der Waals surface area contributed by atoms with Gasteiger partial charge >= 0.3 is 0 Å². The summed E-state index contributed by atoms with van der Waals surface area (Å²) in [6.45, 7) is 7.48. The number of anilines is 2. The molecule has 1 N–H and O–H groups in total. The lowest BCUT2D eigenvalue weighted by Crippen LogP contribution is -2.24. The Balaban J connectivity index is 1.61. The zero-order valence-corrected chi connectivity index (χ0v) is 19.8. The van der Waals surface area contributed by atoms with Crippen molar-refractivity contribution < 1.29 is 9.59 Å². The molecule has 2 heterocycles. The minimum atomic E-state index is -0.214. The van der Waals surface area contributed by atoms with Gasteiger partial charge in [-0.05, 0) is 67.4 Å². The van der Waals surface area contributed by atoms with Gasteiger partial charge in [-0.1, -0.05) is 30.3 Å². The predicted molar refractivity (Wildman–Crippen MR) is 133 cm³/mol. The highest BCUT2D eigenvalue weighted by molar-refractivity contribution is 8.18. The molecule has 6 nitrogen and oxygen atoms in total. The van der Waals surface area contributed by atoms with Gasteiger partial charge in [-0.3, -0.25) is 14.5 Å². The number of carbonyl (C=O) groups excluding carboxylic acids is 2. The van der Waals surface area contributed by atoms with Crippen LogP contribution in [0.3, 0.4) is 0 Å². The Kier molecular flexibility index (Phi) is 6.25. The largest absolute Gasteiger partial charge is 0.300 e. The van der Waals surface area contributed by atoms with Crippen LogP contribution in [0.2, 0.25) is 0 Å². The Morgan fingerprint density at radius 2 is 1.84 bits per heavy atom. The van der Waals surface area contributed by atoms with Crippen LogP contribution < -0.4 is 10.2 Å². The molecule has 162 valence electrons.